The summed E-state index contributed by atoms with van der Waals surface area (Å²) >= 11 is 0. The van der Waals surface area contributed by atoms with E-state index in [1.165, 1.54) is 22.3 Å². The molecule has 2 heterocycles. The van der Waals surface area contributed by atoms with Crippen molar-refractivity contribution in [2.75, 3.05) is 20.4 Å². The molecule has 0 aliphatic carbocycles. The molecule has 4 rings (SSSR count). The zero-order valence-corrected chi connectivity index (χ0v) is 13.3. The molecule has 0 amide bonds. The first-order valence-electron chi connectivity index (χ1n) is 8.10. The molecule has 2 aromatic rings. The lowest BCUT2D eigenvalue weighted by atomic mass is 9.93. The Morgan fingerprint density at radius 3 is 2.70 bits per heavy atom. The van der Waals surface area contributed by atoms with Crippen LogP contribution in [0.4, 0.5) is 0 Å². The van der Waals surface area contributed by atoms with Crippen molar-refractivity contribution in [3.05, 3.63) is 52.6 Å². The number of rotatable bonds is 0. The summed E-state index contributed by atoms with van der Waals surface area (Å²) in [4.78, 5) is 2.32. The van der Waals surface area contributed by atoms with Crippen LogP contribution < -0.4 is 9.47 Å². The topological polar surface area (TPSA) is 41.9 Å². The van der Waals surface area contributed by atoms with E-state index < -0.39 is 0 Å². The lowest BCUT2D eigenvalue weighted by molar-refractivity contribution is 0.172. The molecule has 0 bridgehead atoms. The third kappa shape index (κ3) is 2.75. The number of likely N-dealkylation sites (N-methyl/N-ethyl adjacent to an activating group) is 1. The number of aromatic hydroxyl groups is 1. The average molecular weight is 311 g/mol. The number of hydrogen-bond donors (Lipinski definition) is 1. The number of nitrogens with zero attached hydrogens (tertiary/aromatic N) is 1. The van der Waals surface area contributed by atoms with Crippen LogP contribution in [0.3, 0.4) is 0 Å². The quantitative estimate of drug-likeness (QED) is 0.812. The van der Waals surface area contributed by atoms with Crippen molar-refractivity contribution in [3.63, 3.8) is 0 Å². The number of fused-ring (bicyclic) bond motifs is 4. The molecule has 4 nitrogen and oxygen atoms in total. The van der Waals surface area contributed by atoms with Crippen molar-refractivity contribution in [1.82, 2.24) is 4.90 Å². The lowest BCUT2D eigenvalue weighted by Gasteiger charge is -2.23. The Hall–Kier alpha value is -2.20. The van der Waals surface area contributed by atoms with Gasteiger partial charge in [0.1, 0.15) is 5.75 Å². The van der Waals surface area contributed by atoms with E-state index in [9.17, 15) is 5.11 Å². The highest BCUT2D eigenvalue weighted by molar-refractivity contribution is 5.52. The van der Waals surface area contributed by atoms with Crippen molar-refractivity contribution >= 4 is 0 Å². The number of hydrogen-bond acceptors (Lipinski definition) is 4. The van der Waals surface area contributed by atoms with E-state index >= 15 is 0 Å². The third-order valence-corrected chi connectivity index (χ3v) is 4.78. The van der Waals surface area contributed by atoms with Crippen LogP contribution in [-0.2, 0) is 25.8 Å². The standard InChI is InChI=1S/C19H21NO3/c1-20-9-8-13-4-6-16(21)10-15(13)3-2-14-5-7-18-19(17(14)11-20)23-12-22-18/h4-7,10,21H,2-3,8-9,11-12H2,1H3. The Labute approximate surface area is 136 Å². The molecule has 0 fully saturated rings. The number of phenolic OH excluding ortho intramolecular Hbond substituents is 1. The van der Waals surface area contributed by atoms with Gasteiger partial charge < -0.3 is 19.5 Å². The van der Waals surface area contributed by atoms with Gasteiger partial charge in [-0.05, 0) is 61.2 Å². The second-order valence-electron chi connectivity index (χ2n) is 6.38. The molecule has 0 atom stereocenters. The molecule has 2 aromatic carbocycles. The van der Waals surface area contributed by atoms with Gasteiger partial charge in [-0.2, -0.15) is 0 Å². The molecule has 2 aliphatic rings. The maximum absolute atomic E-state index is 9.80. The Kier molecular flexibility index (Phi) is 3.62. The average Bonchev–Trinajstić information content (AvgIpc) is 3.02. The van der Waals surface area contributed by atoms with Crippen molar-refractivity contribution in [2.45, 2.75) is 25.8 Å². The van der Waals surface area contributed by atoms with Gasteiger partial charge in [0, 0.05) is 18.7 Å². The summed E-state index contributed by atoms with van der Waals surface area (Å²) in [5.41, 5.74) is 5.12. The predicted octanol–water partition coefficient (Wildman–Crippen LogP) is 2.89. The van der Waals surface area contributed by atoms with Gasteiger partial charge >= 0.3 is 0 Å². The maximum atomic E-state index is 9.80. The summed E-state index contributed by atoms with van der Waals surface area (Å²) in [6.07, 6.45) is 2.87. The summed E-state index contributed by atoms with van der Waals surface area (Å²) in [6, 6.07) is 9.91. The monoisotopic (exact) mass is 311 g/mol. The van der Waals surface area contributed by atoms with Crippen LogP contribution in [0.1, 0.15) is 22.3 Å². The SMILES string of the molecule is CN1CCc2ccc(O)cc2CCc2ccc3c(c2C1)OCO3. The largest absolute Gasteiger partial charge is 0.508 e. The van der Waals surface area contributed by atoms with Crippen molar-refractivity contribution < 1.29 is 14.6 Å². The molecule has 4 heteroatoms. The van der Waals surface area contributed by atoms with E-state index in [0.29, 0.717) is 12.5 Å². The van der Waals surface area contributed by atoms with Gasteiger partial charge in [0.05, 0.1) is 0 Å². The van der Waals surface area contributed by atoms with Gasteiger partial charge in [0.25, 0.3) is 0 Å². The first-order chi connectivity index (χ1) is 11.2. The van der Waals surface area contributed by atoms with Crippen LogP contribution in [-0.4, -0.2) is 30.4 Å². The van der Waals surface area contributed by atoms with Crippen LogP contribution in [0.15, 0.2) is 30.3 Å². The number of benzene rings is 2. The number of aryl methyl sites for hydroxylation is 2. The van der Waals surface area contributed by atoms with E-state index in [1.54, 1.807) is 6.07 Å². The van der Waals surface area contributed by atoms with Crippen molar-refractivity contribution in [1.29, 1.82) is 0 Å². The minimum Gasteiger partial charge on any atom is -0.508 e. The fourth-order valence-corrected chi connectivity index (χ4v) is 3.50. The lowest BCUT2D eigenvalue weighted by Crippen LogP contribution is -2.23. The fourth-order valence-electron chi connectivity index (χ4n) is 3.50. The second kappa shape index (κ2) is 5.78. The van der Waals surface area contributed by atoms with Gasteiger partial charge in [-0.25, -0.2) is 0 Å². The smallest absolute Gasteiger partial charge is 0.231 e. The van der Waals surface area contributed by atoms with Gasteiger partial charge in [0.2, 0.25) is 6.79 Å². The highest BCUT2D eigenvalue weighted by atomic mass is 16.7. The molecule has 0 unspecified atom stereocenters. The summed E-state index contributed by atoms with van der Waals surface area (Å²) in [6.45, 7) is 2.16. The summed E-state index contributed by atoms with van der Waals surface area (Å²) < 4.78 is 11.2. The van der Waals surface area contributed by atoms with E-state index in [4.69, 9.17) is 9.47 Å². The van der Waals surface area contributed by atoms with E-state index in [-0.39, 0.29) is 0 Å². The zero-order valence-electron chi connectivity index (χ0n) is 13.3. The Morgan fingerprint density at radius 2 is 1.78 bits per heavy atom. The van der Waals surface area contributed by atoms with E-state index in [2.05, 4.69) is 24.1 Å². The minimum absolute atomic E-state index is 0.312. The molecule has 0 spiro atoms. The first kappa shape index (κ1) is 14.4. The van der Waals surface area contributed by atoms with Crippen LogP contribution in [0.2, 0.25) is 0 Å². The fraction of sp³-hybridized carbons (Fsp3) is 0.368. The van der Waals surface area contributed by atoms with Crippen molar-refractivity contribution in [2.24, 2.45) is 0 Å². The van der Waals surface area contributed by atoms with Gasteiger partial charge in [0.15, 0.2) is 11.5 Å². The second-order valence-corrected chi connectivity index (χ2v) is 6.38. The summed E-state index contributed by atoms with van der Waals surface area (Å²) in [5.74, 6) is 2.11. The van der Waals surface area contributed by atoms with Crippen LogP contribution in [0.5, 0.6) is 17.2 Å². The number of ether oxygens (including phenoxy) is 2. The van der Waals surface area contributed by atoms with Crippen LogP contribution >= 0.6 is 0 Å². The Morgan fingerprint density at radius 1 is 0.957 bits per heavy atom. The molecule has 0 saturated heterocycles. The molecule has 120 valence electrons. The molecule has 2 aliphatic heterocycles. The molecule has 1 N–H and O–H groups in total. The van der Waals surface area contributed by atoms with E-state index in [1.807, 2.05) is 12.1 Å². The molecule has 0 saturated carbocycles. The Bertz CT molecular complexity index is 742. The molecule has 23 heavy (non-hydrogen) atoms. The van der Waals surface area contributed by atoms with Crippen molar-refractivity contribution in [3.8, 4) is 17.2 Å². The van der Waals surface area contributed by atoms with E-state index in [0.717, 1.165) is 43.9 Å². The molecular weight excluding hydrogens is 290 g/mol. The highest BCUT2D eigenvalue weighted by Gasteiger charge is 2.22. The summed E-state index contributed by atoms with van der Waals surface area (Å²) in [5, 5.41) is 9.80. The normalized spacial score (nSPS) is 17.4. The predicted molar refractivity (Wildman–Crippen MR) is 88.1 cm³/mol. The minimum atomic E-state index is 0.312. The molecular formula is C19H21NO3. The molecule has 0 aromatic heterocycles. The highest BCUT2D eigenvalue weighted by Crippen LogP contribution is 2.39. The maximum Gasteiger partial charge on any atom is 0.231 e. The first-order valence-corrected chi connectivity index (χ1v) is 8.10. The zero-order chi connectivity index (χ0) is 15.8. The van der Waals surface area contributed by atoms with Crippen LogP contribution in [0, 0.1) is 0 Å². The van der Waals surface area contributed by atoms with Gasteiger partial charge in [-0.1, -0.05) is 12.1 Å². The Balaban J connectivity index is 1.74. The summed E-state index contributed by atoms with van der Waals surface area (Å²) in [7, 11) is 2.14. The molecule has 0 radical (unpaired) electrons. The van der Waals surface area contributed by atoms with Crippen LogP contribution in [0.25, 0.3) is 0 Å². The number of phenols is 1. The third-order valence-electron chi connectivity index (χ3n) is 4.78. The van der Waals surface area contributed by atoms with Gasteiger partial charge in [-0.3, -0.25) is 0 Å². The van der Waals surface area contributed by atoms with Gasteiger partial charge in [-0.15, -0.1) is 0 Å².